The van der Waals surface area contributed by atoms with Crippen molar-refractivity contribution in [3.63, 3.8) is 0 Å². The number of aromatic nitrogens is 1. The van der Waals surface area contributed by atoms with E-state index < -0.39 is 0 Å². The van der Waals surface area contributed by atoms with Gasteiger partial charge in [-0.05, 0) is 36.3 Å². The molecule has 3 rings (SSSR count). The molecule has 2 nitrogen and oxygen atoms in total. The minimum absolute atomic E-state index is 0.786. The third-order valence-electron chi connectivity index (χ3n) is 3.72. The molecule has 0 aromatic carbocycles. The zero-order valence-corrected chi connectivity index (χ0v) is 8.37. The third kappa shape index (κ3) is 1.21. The second-order valence-corrected chi connectivity index (χ2v) is 4.49. The van der Waals surface area contributed by atoms with Gasteiger partial charge in [-0.3, -0.25) is 4.98 Å². The standard InChI is InChI=1S/C12H16N2/c1-2-4-10-9(3-1)7-14-12-5-6-13-8-11(10)12/h5-6,8-10,14H,1-4,7H2/t9?,10-/m1/s1. The second kappa shape index (κ2) is 3.26. The lowest BCUT2D eigenvalue weighted by molar-refractivity contribution is 0.312. The van der Waals surface area contributed by atoms with E-state index in [9.17, 15) is 0 Å². The Bertz CT molecular complexity index is 335. The minimum atomic E-state index is 0.786. The summed E-state index contributed by atoms with van der Waals surface area (Å²) >= 11 is 0. The second-order valence-electron chi connectivity index (χ2n) is 4.49. The number of nitrogens with one attached hydrogen (secondary N) is 1. The summed E-state index contributed by atoms with van der Waals surface area (Å²) in [7, 11) is 0. The Balaban J connectivity index is 1.99. The first-order valence-corrected chi connectivity index (χ1v) is 5.63. The van der Waals surface area contributed by atoms with Crippen molar-refractivity contribution >= 4 is 5.69 Å². The molecule has 1 saturated carbocycles. The van der Waals surface area contributed by atoms with Crippen LogP contribution in [0.25, 0.3) is 0 Å². The summed E-state index contributed by atoms with van der Waals surface area (Å²) in [6.07, 6.45) is 9.52. The van der Waals surface area contributed by atoms with E-state index in [4.69, 9.17) is 0 Å². The first-order valence-electron chi connectivity index (χ1n) is 5.63. The Morgan fingerprint density at radius 3 is 3.21 bits per heavy atom. The molecule has 0 bridgehead atoms. The first kappa shape index (κ1) is 8.27. The van der Waals surface area contributed by atoms with E-state index in [1.54, 1.807) is 0 Å². The molecule has 2 heterocycles. The minimum Gasteiger partial charge on any atom is -0.384 e. The molecule has 0 saturated heterocycles. The smallest absolute Gasteiger partial charge is 0.0406 e. The molecule has 74 valence electrons. The van der Waals surface area contributed by atoms with Crippen molar-refractivity contribution in [3.8, 4) is 0 Å². The molecular weight excluding hydrogens is 172 g/mol. The fourth-order valence-corrected chi connectivity index (χ4v) is 2.97. The quantitative estimate of drug-likeness (QED) is 0.677. The van der Waals surface area contributed by atoms with Gasteiger partial charge in [0.2, 0.25) is 0 Å². The molecule has 1 fully saturated rings. The Morgan fingerprint density at radius 1 is 1.29 bits per heavy atom. The van der Waals surface area contributed by atoms with E-state index in [0.717, 1.165) is 11.8 Å². The lowest BCUT2D eigenvalue weighted by Gasteiger charge is -2.37. The van der Waals surface area contributed by atoms with Gasteiger partial charge in [0, 0.05) is 24.6 Å². The fraction of sp³-hybridized carbons (Fsp3) is 0.583. The Morgan fingerprint density at radius 2 is 2.21 bits per heavy atom. The highest BCUT2D eigenvalue weighted by atomic mass is 14.9. The largest absolute Gasteiger partial charge is 0.384 e. The van der Waals surface area contributed by atoms with Crippen LogP contribution in [0.1, 0.15) is 37.2 Å². The van der Waals surface area contributed by atoms with Crippen LogP contribution in [-0.2, 0) is 0 Å². The van der Waals surface area contributed by atoms with Gasteiger partial charge in [-0.25, -0.2) is 0 Å². The summed E-state index contributed by atoms with van der Waals surface area (Å²) in [5.74, 6) is 1.65. The number of anilines is 1. The number of nitrogens with zero attached hydrogens (tertiary/aromatic N) is 1. The van der Waals surface area contributed by atoms with Gasteiger partial charge in [0.25, 0.3) is 0 Å². The summed E-state index contributed by atoms with van der Waals surface area (Å²) < 4.78 is 0. The Hall–Kier alpha value is -1.05. The van der Waals surface area contributed by atoms with Gasteiger partial charge < -0.3 is 5.32 Å². The maximum Gasteiger partial charge on any atom is 0.0406 e. The molecule has 2 aliphatic rings. The van der Waals surface area contributed by atoms with E-state index in [-0.39, 0.29) is 0 Å². The summed E-state index contributed by atoms with van der Waals surface area (Å²) in [4.78, 5) is 4.25. The van der Waals surface area contributed by atoms with Crippen LogP contribution in [0.2, 0.25) is 0 Å². The molecule has 1 unspecified atom stereocenters. The molecule has 1 aromatic rings. The number of rotatable bonds is 0. The zero-order chi connectivity index (χ0) is 9.38. The molecule has 14 heavy (non-hydrogen) atoms. The van der Waals surface area contributed by atoms with Crippen molar-refractivity contribution in [2.24, 2.45) is 5.92 Å². The number of pyridine rings is 1. The van der Waals surface area contributed by atoms with Crippen molar-refractivity contribution in [2.45, 2.75) is 31.6 Å². The SMILES string of the molecule is c1cc2c(cn1)[C@@H]1CCCCC1CN2. The summed E-state index contributed by atoms with van der Waals surface area (Å²) in [6, 6.07) is 2.11. The molecule has 1 aliphatic carbocycles. The van der Waals surface area contributed by atoms with Gasteiger partial charge in [0.15, 0.2) is 0 Å². The van der Waals surface area contributed by atoms with E-state index in [1.807, 2.05) is 6.20 Å². The zero-order valence-electron chi connectivity index (χ0n) is 8.37. The van der Waals surface area contributed by atoms with Crippen LogP contribution in [0.4, 0.5) is 5.69 Å². The van der Waals surface area contributed by atoms with Gasteiger partial charge >= 0.3 is 0 Å². The van der Waals surface area contributed by atoms with Crippen LogP contribution in [0.15, 0.2) is 18.5 Å². The van der Waals surface area contributed by atoms with E-state index in [2.05, 4.69) is 22.6 Å². The highest BCUT2D eigenvalue weighted by molar-refractivity contribution is 5.53. The predicted molar refractivity (Wildman–Crippen MR) is 57.4 cm³/mol. The molecule has 1 aromatic heterocycles. The molecule has 2 atom stereocenters. The molecule has 1 aliphatic heterocycles. The van der Waals surface area contributed by atoms with Crippen LogP contribution in [0.5, 0.6) is 0 Å². The molecule has 0 amide bonds. The number of hydrogen-bond donors (Lipinski definition) is 1. The van der Waals surface area contributed by atoms with Crippen molar-refractivity contribution in [1.82, 2.24) is 4.98 Å². The van der Waals surface area contributed by atoms with Crippen molar-refractivity contribution < 1.29 is 0 Å². The van der Waals surface area contributed by atoms with Crippen LogP contribution in [0.3, 0.4) is 0 Å². The predicted octanol–water partition coefficient (Wildman–Crippen LogP) is 2.78. The molecular formula is C12H16N2. The average Bonchev–Trinajstić information content (AvgIpc) is 2.29. The lowest BCUT2D eigenvalue weighted by atomic mass is 9.73. The van der Waals surface area contributed by atoms with E-state index in [0.29, 0.717) is 0 Å². The summed E-state index contributed by atoms with van der Waals surface area (Å²) in [6.45, 7) is 1.17. The molecule has 0 spiro atoms. The van der Waals surface area contributed by atoms with E-state index >= 15 is 0 Å². The van der Waals surface area contributed by atoms with Gasteiger partial charge in [0.1, 0.15) is 0 Å². The average molecular weight is 188 g/mol. The molecule has 2 heteroatoms. The topological polar surface area (TPSA) is 24.9 Å². The van der Waals surface area contributed by atoms with Gasteiger partial charge in [-0.2, -0.15) is 0 Å². The highest BCUT2D eigenvalue weighted by Gasteiger charge is 2.31. The van der Waals surface area contributed by atoms with Crippen LogP contribution >= 0.6 is 0 Å². The van der Waals surface area contributed by atoms with Crippen molar-refractivity contribution in [3.05, 3.63) is 24.0 Å². The van der Waals surface area contributed by atoms with Crippen LogP contribution in [0, 0.1) is 5.92 Å². The third-order valence-corrected chi connectivity index (χ3v) is 3.72. The fourth-order valence-electron chi connectivity index (χ4n) is 2.97. The molecule has 0 radical (unpaired) electrons. The van der Waals surface area contributed by atoms with Crippen molar-refractivity contribution in [2.75, 3.05) is 11.9 Å². The maximum atomic E-state index is 4.25. The number of hydrogen-bond acceptors (Lipinski definition) is 2. The normalized spacial score (nSPS) is 30.0. The number of fused-ring (bicyclic) bond motifs is 3. The monoisotopic (exact) mass is 188 g/mol. The summed E-state index contributed by atoms with van der Waals surface area (Å²) in [5.41, 5.74) is 2.78. The van der Waals surface area contributed by atoms with Crippen LogP contribution in [-0.4, -0.2) is 11.5 Å². The van der Waals surface area contributed by atoms with Gasteiger partial charge in [-0.1, -0.05) is 12.8 Å². The van der Waals surface area contributed by atoms with Crippen molar-refractivity contribution in [1.29, 1.82) is 0 Å². The Kier molecular flexibility index (Phi) is 1.93. The summed E-state index contributed by atoms with van der Waals surface area (Å²) in [5, 5.41) is 3.52. The van der Waals surface area contributed by atoms with E-state index in [1.165, 1.54) is 43.5 Å². The first-order chi connectivity index (χ1) is 6.95. The lowest BCUT2D eigenvalue weighted by Crippen LogP contribution is -2.30. The Labute approximate surface area is 84.7 Å². The molecule has 1 N–H and O–H groups in total. The van der Waals surface area contributed by atoms with Gasteiger partial charge in [0.05, 0.1) is 0 Å². The van der Waals surface area contributed by atoms with Gasteiger partial charge in [-0.15, -0.1) is 0 Å². The van der Waals surface area contributed by atoms with Crippen LogP contribution < -0.4 is 5.32 Å². The maximum absolute atomic E-state index is 4.25. The highest BCUT2D eigenvalue weighted by Crippen LogP contribution is 2.43.